The van der Waals surface area contributed by atoms with Gasteiger partial charge in [-0.1, -0.05) is 63.2 Å². The van der Waals surface area contributed by atoms with Crippen LogP contribution in [0.4, 0.5) is 27.6 Å². The first-order valence-electron chi connectivity index (χ1n) is 16.6. The maximum atomic E-state index is 16.0. The highest BCUT2D eigenvalue weighted by Crippen LogP contribution is 2.38. The van der Waals surface area contributed by atoms with Crippen LogP contribution in [0.2, 0.25) is 0 Å². The molecule has 0 saturated carbocycles. The zero-order valence-electron chi connectivity index (χ0n) is 30.3. The summed E-state index contributed by atoms with van der Waals surface area (Å²) in [6, 6.07) is 18.5. The minimum atomic E-state index is -5.08. The Bertz CT molecular complexity index is 2020. The number of rotatable bonds is 13. The first kappa shape index (κ1) is 43.1. The summed E-state index contributed by atoms with van der Waals surface area (Å²) in [7, 11) is 0. The van der Waals surface area contributed by atoms with Gasteiger partial charge in [-0.3, -0.25) is 10.2 Å². The Hall–Kier alpha value is -6.26. The third-order valence-corrected chi connectivity index (χ3v) is 8.04. The number of pyridine rings is 1. The molecule has 4 aromatic rings. The molecule has 7 N–H and O–H groups in total. The maximum absolute atomic E-state index is 16.0. The first-order valence-corrected chi connectivity index (χ1v) is 16.6. The number of carboxylic acids is 2. The number of nitrogen functional groups attached to an aromatic ring is 1. The molecular formula is C38H40F5N5O7. The number of hydrogen-bond acceptors (Lipinski definition) is 8. The molecule has 1 amide bonds. The summed E-state index contributed by atoms with van der Waals surface area (Å²) >= 11 is 0. The van der Waals surface area contributed by atoms with E-state index in [0.29, 0.717) is 18.4 Å². The lowest BCUT2D eigenvalue weighted by Crippen LogP contribution is -2.41. The van der Waals surface area contributed by atoms with E-state index in [9.17, 15) is 27.9 Å². The summed E-state index contributed by atoms with van der Waals surface area (Å²) in [5.41, 5.74) is 5.68. The number of aliphatic carboxylic acids is 1. The number of aromatic carboxylic acids is 1. The fourth-order valence-electron chi connectivity index (χ4n) is 4.48. The number of aromatic nitrogens is 1. The monoisotopic (exact) mass is 773 g/mol. The van der Waals surface area contributed by atoms with Gasteiger partial charge in [0.1, 0.15) is 28.6 Å². The Morgan fingerprint density at radius 3 is 2.02 bits per heavy atom. The van der Waals surface area contributed by atoms with E-state index < -0.39 is 64.7 Å². The molecule has 0 fully saturated rings. The number of ether oxygens (including phenoxy) is 2. The van der Waals surface area contributed by atoms with Gasteiger partial charge in [-0.25, -0.2) is 9.59 Å². The number of carboxylic acid groups (broad SMARTS) is 2. The second-order valence-corrected chi connectivity index (χ2v) is 13.3. The Balaban J connectivity index is 0.00000106. The van der Waals surface area contributed by atoms with Crippen LogP contribution < -0.4 is 25.8 Å². The van der Waals surface area contributed by atoms with Crippen LogP contribution in [-0.2, 0) is 11.2 Å². The molecule has 4 rings (SSSR count). The molecule has 0 radical (unpaired) electrons. The summed E-state index contributed by atoms with van der Waals surface area (Å²) in [5, 5.41) is 30.5. The van der Waals surface area contributed by atoms with E-state index in [0.717, 1.165) is 11.6 Å². The Morgan fingerprint density at radius 2 is 1.47 bits per heavy atom. The molecule has 2 atom stereocenters. The number of nitrogens with zero attached hydrogens (tertiary/aromatic N) is 1. The number of aryl methyl sites for hydroxylation is 1. The van der Waals surface area contributed by atoms with Crippen molar-refractivity contribution in [1.29, 1.82) is 5.41 Å². The van der Waals surface area contributed by atoms with Crippen molar-refractivity contribution in [3.05, 3.63) is 107 Å². The zero-order chi connectivity index (χ0) is 41.2. The van der Waals surface area contributed by atoms with Crippen molar-refractivity contribution in [2.75, 3.05) is 5.32 Å². The topological polar surface area (TPSA) is 197 Å². The third kappa shape index (κ3) is 12.4. The van der Waals surface area contributed by atoms with Crippen molar-refractivity contribution in [1.82, 2.24) is 10.3 Å². The summed E-state index contributed by atoms with van der Waals surface area (Å²) in [6.07, 6.45) is -3.94. The van der Waals surface area contributed by atoms with E-state index in [1.54, 1.807) is 13.0 Å². The summed E-state index contributed by atoms with van der Waals surface area (Å²) in [5.74, 6) is -9.06. The molecule has 3 aromatic carbocycles. The Kier molecular flexibility index (Phi) is 14.3. The molecule has 294 valence electrons. The minimum Gasteiger partial charge on any atom is -0.478 e. The number of halogens is 5. The summed E-state index contributed by atoms with van der Waals surface area (Å²) < 4.78 is 75.0. The van der Waals surface area contributed by atoms with E-state index in [1.807, 2.05) is 58.0 Å². The number of amides is 1. The van der Waals surface area contributed by atoms with Gasteiger partial charge in [-0.15, -0.1) is 0 Å². The third-order valence-electron chi connectivity index (χ3n) is 8.04. The molecule has 0 bridgehead atoms. The smallest absolute Gasteiger partial charge is 0.478 e. The molecule has 0 aliphatic carbocycles. The standard InChI is InChI=1S/C36H39F2N5O5.C2HF3O2/c1-20(14-15-22-10-7-6-8-11-22)41-30-28(37)33(47-25-13-9-12-23(18-25)31(39)40)43-34(29(30)38)48-27-17-16-24(19-26(27)35(45)46)32(44)42-21(2)36(3,4)5;3-2(4,5)1(6)7/h6-13,16-21H,14-15H2,1-5H3,(H3,39,40)(H,41,43)(H,42,44)(H,45,46);(H,6,7). The van der Waals surface area contributed by atoms with Crippen molar-refractivity contribution in [2.45, 2.75) is 65.7 Å². The Labute approximate surface area is 313 Å². The Morgan fingerprint density at radius 1 is 0.873 bits per heavy atom. The van der Waals surface area contributed by atoms with Crippen molar-refractivity contribution in [3.63, 3.8) is 0 Å². The molecule has 1 heterocycles. The van der Waals surface area contributed by atoms with Gasteiger partial charge >= 0.3 is 18.1 Å². The van der Waals surface area contributed by atoms with Gasteiger partial charge in [0.2, 0.25) is 11.6 Å². The highest BCUT2D eigenvalue weighted by molar-refractivity contribution is 5.99. The lowest BCUT2D eigenvalue weighted by Gasteiger charge is -2.28. The number of nitrogens with two attached hydrogens (primary N) is 1. The number of alkyl halides is 3. The highest BCUT2D eigenvalue weighted by Gasteiger charge is 2.38. The van der Waals surface area contributed by atoms with Crippen LogP contribution in [0.25, 0.3) is 0 Å². The van der Waals surface area contributed by atoms with E-state index in [1.165, 1.54) is 30.3 Å². The van der Waals surface area contributed by atoms with Crippen LogP contribution in [0.5, 0.6) is 23.3 Å². The van der Waals surface area contributed by atoms with Crippen LogP contribution in [0.3, 0.4) is 0 Å². The largest absolute Gasteiger partial charge is 0.490 e. The number of hydrogen-bond donors (Lipinski definition) is 6. The second kappa shape index (κ2) is 18.2. The van der Waals surface area contributed by atoms with E-state index in [-0.39, 0.29) is 34.4 Å². The quantitative estimate of drug-likeness (QED) is 0.0438. The van der Waals surface area contributed by atoms with Crippen molar-refractivity contribution in [2.24, 2.45) is 11.1 Å². The van der Waals surface area contributed by atoms with Gasteiger partial charge in [-0.05, 0) is 68.0 Å². The SMILES string of the molecule is CC(CCc1ccccc1)Nc1c(F)c(Oc2cccc(C(=N)N)c2)nc(Oc2ccc(C(=O)NC(C)C(C)(C)C)cc2C(=O)O)c1F.O=C(O)C(F)(F)F. The van der Waals surface area contributed by atoms with E-state index >= 15 is 8.78 Å². The van der Waals surface area contributed by atoms with Crippen LogP contribution in [0, 0.1) is 22.5 Å². The van der Waals surface area contributed by atoms with Gasteiger partial charge < -0.3 is 36.1 Å². The number of carbonyl (C=O) groups is 3. The first-order chi connectivity index (χ1) is 25.6. The molecule has 12 nitrogen and oxygen atoms in total. The van der Waals surface area contributed by atoms with Crippen LogP contribution in [-0.4, -0.2) is 57.1 Å². The average molecular weight is 774 g/mol. The molecule has 2 unspecified atom stereocenters. The number of amidine groups is 1. The normalized spacial score (nSPS) is 12.3. The molecule has 1 aromatic heterocycles. The number of nitrogens with one attached hydrogen (secondary N) is 3. The molecule has 0 saturated heterocycles. The van der Waals surface area contributed by atoms with Crippen molar-refractivity contribution < 1.29 is 56.0 Å². The molecular weight excluding hydrogens is 733 g/mol. The van der Waals surface area contributed by atoms with Gasteiger partial charge in [0.15, 0.2) is 0 Å². The molecule has 0 aliphatic rings. The number of anilines is 1. The maximum Gasteiger partial charge on any atom is 0.490 e. The summed E-state index contributed by atoms with van der Waals surface area (Å²) in [4.78, 5) is 38.0. The van der Waals surface area contributed by atoms with Gasteiger partial charge in [-0.2, -0.15) is 26.9 Å². The fraction of sp³-hybridized carbons (Fsp3) is 0.289. The van der Waals surface area contributed by atoms with Crippen LogP contribution in [0.15, 0.2) is 72.8 Å². The minimum absolute atomic E-state index is 0.0485. The lowest BCUT2D eigenvalue weighted by molar-refractivity contribution is -0.192. The van der Waals surface area contributed by atoms with Gasteiger partial charge in [0, 0.05) is 23.2 Å². The number of carbonyl (C=O) groups excluding carboxylic acids is 1. The second-order valence-electron chi connectivity index (χ2n) is 13.3. The van der Waals surface area contributed by atoms with Gasteiger partial charge in [0.25, 0.3) is 17.7 Å². The zero-order valence-corrected chi connectivity index (χ0v) is 30.3. The van der Waals surface area contributed by atoms with Gasteiger partial charge in [0.05, 0.1) is 0 Å². The van der Waals surface area contributed by atoms with Crippen molar-refractivity contribution >= 4 is 29.4 Å². The predicted molar refractivity (Wildman–Crippen MR) is 193 cm³/mol. The molecule has 17 heteroatoms. The predicted octanol–water partition coefficient (Wildman–Crippen LogP) is 8.16. The molecule has 55 heavy (non-hydrogen) atoms. The van der Waals surface area contributed by atoms with Crippen molar-refractivity contribution in [3.8, 4) is 23.3 Å². The van der Waals surface area contributed by atoms with E-state index in [2.05, 4.69) is 15.6 Å². The highest BCUT2D eigenvalue weighted by atomic mass is 19.4. The molecule has 0 spiro atoms. The van der Waals surface area contributed by atoms with Crippen LogP contribution >= 0.6 is 0 Å². The van der Waals surface area contributed by atoms with E-state index in [4.69, 9.17) is 30.5 Å². The lowest BCUT2D eigenvalue weighted by atomic mass is 9.88. The average Bonchev–Trinajstić information content (AvgIpc) is 3.11. The van der Waals surface area contributed by atoms with Crippen LogP contribution in [0.1, 0.15) is 72.9 Å². The fourth-order valence-corrected chi connectivity index (χ4v) is 4.48. The summed E-state index contributed by atoms with van der Waals surface area (Å²) in [6.45, 7) is 9.44. The number of benzene rings is 3. The molecule has 0 aliphatic heterocycles.